The van der Waals surface area contributed by atoms with Crippen LogP contribution in [0, 0.1) is 6.92 Å². The molecule has 182 valence electrons. The summed E-state index contributed by atoms with van der Waals surface area (Å²) in [5.74, 6) is 0.390. The minimum atomic E-state index is -0.366. The molecule has 3 rings (SSSR count). The Morgan fingerprint density at radius 2 is 0.824 bits per heavy atom. The lowest BCUT2D eigenvalue weighted by Crippen LogP contribution is -2.12. The van der Waals surface area contributed by atoms with Gasteiger partial charge >= 0.3 is 0 Å². The fourth-order valence-corrected chi connectivity index (χ4v) is 4.38. The number of phenolic OH excluding ortho intramolecular Hbond substituents is 5. The van der Waals surface area contributed by atoms with Crippen LogP contribution in [-0.2, 0) is 23.7 Å². The second-order valence-electron chi connectivity index (χ2n) is 11.3. The summed E-state index contributed by atoms with van der Waals surface area (Å²) in [5.41, 5.74) is 3.69. The number of aryl methyl sites for hydroxylation is 1. The van der Waals surface area contributed by atoms with E-state index in [2.05, 4.69) is 0 Å². The third-order valence-electron chi connectivity index (χ3n) is 6.14. The van der Waals surface area contributed by atoms with E-state index >= 15 is 0 Å². The Kier molecular flexibility index (Phi) is 6.53. The molecule has 0 aromatic heterocycles. The Balaban J connectivity index is 2.06. The first-order valence-corrected chi connectivity index (χ1v) is 11.5. The zero-order valence-electron chi connectivity index (χ0n) is 21.1. The van der Waals surface area contributed by atoms with E-state index < -0.39 is 0 Å². The van der Waals surface area contributed by atoms with Crippen molar-refractivity contribution in [2.75, 3.05) is 0 Å². The largest absolute Gasteiger partial charge is 0.508 e. The van der Waals surface area contributed by atoms with Gasteiger partial charge in [-0.3, -0.25) is 0 Å². The highest BCUT2D eigenvalue weighted by Gasteiger charge is 2.24. The quantitative estimate of drug-likeness (QED) is 0.292. The number of aromatic hydroxyl groups is 5. The number of benzene rings is 3. The van der Waals surface area contributed by atoms with Gasteiger partial charge in [-0.2, -0.15) is 0 Å². The van der Waals surface area contributed by atoms with Gasteiger partial charge in [0.25, 0.3) is 0 Å². The Morgan fingerprint density at radius 1 is 0.500 bits per heavy atom. The van der Waals surface area contributed by atoms with Crippen molar-refractivity contribution in [2.45, 2.75) is 72.1 Å². The van der Waals surface area contributed by atoms with E-state index in [1.54, 1.807) is 12.1 Å². The number of hydrogen-bond donors (Lipinski definition) is 5. The van der Waals surface area contributed by atoms with Gasteiger partial charge in [0.1, 0.15) is 28.7 Å². The summed E-state index contributed by atoms with van der Waals surface area (Å²) < 4.78 is 0. The van der Waals surface area contributed by atoms with Crippen LogP contribution in [0.4, 0.5) is 0 Å². The van der Waals surface area contributed by atoms with Gasteiger partial charge in [-0.25, -0.2) is 0 Å². The molecule has 0 radical (unpaired) electrons. The Hall–Kier alpha value is -3.34. The number of rotatable bonds is 4. The molecule has 0 heterocycles. The minimum Gasteiger partial charge on any atom is -0.508 e. The molecular formula is C29H36O5. The predicted molar refractivity (Wildman–Crippen MR) is 135 cm³/mol. The van der Waals surface area contributed by atoms with Crippen molar-refractivity contribution in [3.8, 4) is 28.7 Å². The van der Waals surface area contributed by atoms with Crippen LogP contribution >= 0.6 is 0 Å². The van der Waals surface area contributed by atoms with E-state index in [0.717, 1.165) is 5.56 Å². The van der Waals surface area contributed by atoms with Crippen molar-refractivity contribution in [1.29, 1.82) is 0 Å². The van der Waals surface area contributed by atoms with E-state index in [-0.39, 0.29) is 52.4 Å². The molecule has 0 aliphatic rings. The van der Waals surface area contributed by atoms with Crippen LogP contribution in [0.2, 0.25) is 0 Å². The molecule has 0 spiro atoms. The summed E-state index contributed by atoms with van der Waals surface area (Å²) in [6, 6.07) is 9.87. The molecule has 5 nitrogen and oxygen atoms in total. The summed E-state index contributed by atoms with van der Waals surface area (Å²) in [6.07, 6.45) is 0.451. The highest BCUT2D eigenvalue weighted by Crippen LogP contribution is 2.41. The molecule has 0 bridgehead atoms. The summed E-state index contributed by atoms with van der Waals surface area (Å²) in [5, 5.41) is 53.4. The van der Waals surface area contributed by atoms with Gasteiger partial charge in [0.15, 0.2) is 0 Å². The van der Waals surface area contributed by atoms with Crippen LogP contribution in [0.1, 0.15) is 80.5 Å². The summed E-state index contributed by atoms with van der Waals surface area (Å²) >= 11 is 0. The smallest absolute Gasteiger partial charge is 0.123 e. The summed E-state index contributed by atoms with van der Waals surface area (Å²) in [7, 11) is 0. The van der Waals surface area contributed by atoms with Crippen molar-refractivity contribution >= 4 is 0 Å². The van der Waals surface area contributed by atoms with E-state index in [4.69, 9.17) is 0 Å². The van der Waals surface area contributed by atoms with Gasteiger partial charge in [-0.05, 0) is 53.1 Å². The molecule has 5 heteroatoms. The monoisotopic (exact) mass is 464 g/mol. The van der Waals surface area contributed by atoms with E-state index in [9.17, 15) is 25.5 Å². The van der Waals surface area contributed by atoms with E-state index in [1.807, 2.05) is 60.6 Å². The van der Waals surface area contributed by atoms with Crippen LogP contribution < -0.4 is 0 Å². The van der Waals surface area contributed by atoms with E-state index in [0.29, 0.717) is 33.4 Å². The van der Waals surface area contributed by atoms with Crippen LogP contribution in [0.15, 0.2) is 36.4 Å². The molecule has 0 saturated heterocycles. The fraction of sp³-hybridized carbons (Fsp3) is 0.379. The third-order valence-corrected chi connectivity index (χ3v) is 6.14. The van der Waals surface area contributed by atoms with Crippen molar-refractivity contribution in [3.05, 3.63) is 75.3 Å². The lowest BCUT2D eigenvalue weighted by molar-refractivity contribution is 0.428. The lowest BCUT2D eigenvalue weighted by atomic mass is 9.83. The van der Waals surface area contributed by atoms with Crippen molar-refractivity contribution in [2.24, 2.45) is 0 Å². The zero-order chi connectivity index (χ0) is 25.6. The third kappa shape index (κ3) is 5.24. The van der Waals surface area contributed by atoms with Gasteiger partial charge in [0, 0.05) is 35.1 Å². The number of hydrogen-bond acceptors (Lipinski definition) is 5. The maximum absolute atomic E-state index is 11.1. The molecule has 0 aliphatic carbocycles. The maximum Gasteiger partial charge on any atom is 0.123 e. The van der Waals surface area contributed by atoms with Gasteiger partial charge in [-0.1, -0.05) is 59.2 Å². The van der Waals surface area contributed by atoms with Crippen LogP contribution in [0.5, 0.6) is 28.7 Å². The zero-order valence-corrected chi connectivity index (χ0v) is 21.1. The maximum atomic E-state index is 11.1. The average molecular weight is 465 g/mol. The summed E-state index contributed by atoms with van der Waals surface area (Å²) in [4.78, 5) is 0. The molecule has 0 atom stereocenters. The summed E-state index contributed by atoms with van der Waals surface area (Å²) in [6.45, 7) is 13.7. The highest BCUT2D eigenvalue weighted by molar-refractivity contribution is 5.56. The van der Waals surface area contributed by atoms with Crippen LogP contribution in [0.25, 0.3) is 0 Å². The molecule has 0 aliphatic heterocycles. The van der Waals surface area contributed by atoms with Crippen molar-refractivity contribution in [1.82, 2.24) is 0 Å². The van der Waals surface area contributed by atoms with Gasteiger partial charge in [-0.15, -0.1) is 0 Å². The van der Waals surface area contributed by atoms with Crippen molar-refractivity contribution < 1.29 is 25.5 Å². The Bertz CT molecular complexity index is 1130. The second kappa shape index (κ2) is 8.79. The SMILES string of the molecule is Cc1cc(Cc2cc(O)cc(C(C)(C)C)c2O)c(O)c(Cc2cc(O)cc(C(C)(C)C)c2O)c1. The Labute approximate surface area is 202 Å². The molecule has 0 unspecified atom stereocenters. The molecule has 5 N–H and O–H groups in total. The molecule has 0 fully saturated rings. The Morgan fingerprint density at radius 3 is 1.15 bits per heavy atom. The van der Waals surface area contributed by atoms with Crippen LogP contribution in [0.3, 0.4) is 0 Å². The fourth-order valence-electron chi connectivity index (χ4n) is 4.38. The van der Waals surface area contributed by atoms with Crippen molar-refractivity contribution in [3.63, 3.8) is 0 Å². The minimum absolute atomic E-state index is 0.0597. The standard InChI is InChI=1S/C29H36O5/c1-16-8-17(10-19-12-21(30)14-23(26(19)33)28(2,3)4)25(32)18(9-16)11-20-13-22(31)15-24(27(20)34)29(5,6)7/h8-9,12-15,30-34H,10-11H2,1-7H3. The molecule has 34 heavy (non-hydrogen) atoms. The highest BCUT2D eigenvalue weighted by atomic mass is 16.3. The molecule has 0 amide bonds. The number of phenols is 5. The first-order valence-electron chi connectivity index (χ1n) is 11.5. The lowest BCUT2D eigenvalue weighted by Gasteiger charge is -2.23. The van der Waals surface area contributed by atoms with E-state index in [1.165, 1.54) is 12.1 Å². The molecule has 0 saturated carbocycles. The topological polar surface area (TPSA) is 101 Å². The second-order valence-corrected chi connectivity index (χ2v) is 11.3. The first kappa shape index (κ1) is 25.3. The first-order chi connectivity index (χ1) is 15.6. The average Bonchev–Trinajstić information content (AvgIpc) is 2.68. The van der Waals surface area contributed by atoms with Gasteiger partial charge in [0.05, 0.1) is 0 Å². The molecular weight excluding hydrogens is 428 g/mol. The van der Waals surface area contributed by atoms with Gasteiger partial charge in [0.2, 0.25) is 0 Å². The normalized spacial score (nSPS) is 12.2. The van der Waals surface area contributed by atoms with Gasteiger partial charge < -0.3 is 25.5 Å². The molecule has 3 aromatic rings. The van der Waals surface area contributed by atoms with Crippen LogP contribution in [-0.4, -0.2) is 25.5 Å². The molecule has 3 aromatic carbocycles. The predicted octanol–water partition coefficient (Wildman–Crippen LogP) is 6.30.